The van der Waals surface area contributed by atoms with E-state index in [0.29, 0.717) is 23.6 Å². The quantitative estimate of drug-likeness (QED) is 0.344. The van der Waals surface area contributed by atoms with E-state index in [1.165, 1.54) is 0 Å². The molecule has 0 saturated heterocycles. The number of amides is 1. The van der Waals surface area contributed by atoms with Gasteiger partial charge in [0.1, 0.15) is 24.0 Å². The van der Waals surface area contributed by atoms with Crippen molar-refractivity contribution in [3.05, 3.63) is 89.5 Å². The summed E-state index contributed by atoms with van der Waals surface area (Å²) in [6.07, 6.45) is 3.24. The number of hydrogen-bond acceptors (Lipinski definition) is 3. The van der Waals surface area contributed by atoms with E-state index in [0.717, 1.165) is 21.9 Å². The number of nitriles is 1. The predicted octanol–water partition coefficient (Wildman–Crippen LogP) is 5.57. The smallest absolute Gasteiger partial charge is 0.266 e. The molecule has 0 aliphatic rings. The van der Waals surface area contributed by atoms with E-state index < -0.39 is 5.91 Å². The number of nitrogens with one attached hydrogen (secondary N) is 1. The van der Waals surface area contributed by atoms with Gasteiger partial charge in [-0.15, -0.1) is 0 Å². The highest BCUT2D eigenvalue weighted by Crippen LogP contribution is 2.30. The zero-order valence-electron chi connectivity index (χ0n) is 16.5. The lowest BCUT2D eigenvalue weighted by Crippen LogP contribution is -2.14. The van der Waals surface area contributed by atoms with Crippen molar-refractivity contribution < 1.29 is 9.53 Å². The topological polar surface area (TPSA) is 62.1 Å². The molecule has 3 rings (SSSR count). The minimum Gasteiger partial charge on any atom is -0.489 e. The first-order valence-corrected chi connectivity index (χ1v) is 9.30. The molecule has 4 heteroatoms. The third-order valence-corrected chi connectivity index (χ3v) is 4.79. The number of nitrogens with zero attached hydrogens (tertiary/aromatic N) is 1. The molecule has 0 radical (unpaired) electrons. The minimum atomic E-state index is -0.455. The van der Waals surface area contributed by atoms with Crippen LogP contribution >= 0.6 is 0 Å². The lowest BCUT2D eigenvalue weighted by Gasteiger charge is -2.12. The molecule has 0 spiro atoms. The van der Waals surface area contributed by atoms with Crippen molar-refractivity contribution in [1.29, 1.82) is 5.26 Å². The first kappa shape index (κ1) is 19.9. The summed E-state index contributed by atoms with van der Waals surface area (Å²) in [5.41, 5.74) is 3.43. The molecule has 0 aliphatic carbocycles. The zero-order chi connectivity index (χ0) is 20.8. The lowest BCUT2D eigenvalue weighted by molar-refractivity contribution is -0.112. The van der Waals surface area contributed by atoms with Crippen molar-refractivity contribution in [1.82, 2.24) is 0 Å². The number of anilines is 1. The maximum atomic E-state index is 12.8. The van der Waals surface area contributed by atoms with E-state index in [4.69, 9.17) is 4.74 Å². The average molecular weight is 382 g/mol. The number of carbonyl (C=O) groups is 1. The Labute approximate surface area is 170 Å². The van der Waals surface area contributed by atoms with Crippen molar-refractivity contribution in [2.75, 3.05) is 11.9 Å². The second-order valence-corrected chi connectivity index (χ2v) is 6.67. The van der Waals surface area contributed by atoms with Crippen molar-refractivity contribution in [2.24, 2.45) is 0 Å². The first-order valence-electron chi connectivity index (χ1n) is 9.30. The molecule has 1 amide bonds. The lowest BCUT2D eigenvalue weighted by atomic mass is 10.0. The largest absolute Gasteiger partial charge is 0.489 e. The Morgan fingerprint density at radius 2 is 1.93 bits per heavy atom. The normalized spacial score (nSPS) is 11.0. The highest BCUT2D eigenvalue weighted by molar-refractivity contribution is 6.11. The van der Waals surface area contributed by atoms with Crippen LogP contribution in [-0.2, 0) is 4.79 Å². The van der Waals surface area contributed by atoms with Crippen LogP contribution in [0, 0.1) is 25.2 Å². The predicted molar refractivity (Wildman–Crippen MR) is 118 cm³/mol. The molecular formula is C25H22N2O2. The van der Waals surface area contributed by atoms with Gasteiger partial charge in [-0.1, -0.05) is 55.1 Å². The summed E-state index contributed by atoms with van der Waals surface area (Å²) < 4.78 is 5.77. The Balaban J connectivity index is 2.05. The summed E-state index contributed by atoms with van der Waals surface area (Å²) in [4.78, 5) is 12.8. The third kappa shape index (κ3) is 4.36. The molecule has 0 unspecified atom stereocenters. The number of carbonyl (C=O) groups excluding carboxylic acids is 1. The van der Waals surface area contributed by atoms with E-state index >= 15 is 0 Å². The van der Waals surface area contributed by atoms with Crippen LogP contribution in [0.3, 0.4) is 0 Å². The molecule has 3 aromatic rings. The minimum absolute atomic E-state index is 0.00529. The van der Waals surface area contributed by atoms with Crippen molar-refractivity contribution in [2.45, 2.75) is 13.8 Å². The fourth-order valence-electron chi connectivity index (χ4n) is 3.07. The van der Waals surface area contributed by atoms with Crippen LogP contribution in [0.4, 0.5) is 5.69 Å². The maximum Gasteiger partial charge on any atom is 0.266 e. The van der Waals surface area contributed by atoms with Gasteiger partial charge in [-0.05, 0) is 54.0 Å². The Hall–Kier alpha value is -3.84. The molecule has 0 saturated carbocycles. The van der Waals surface area contributed by atoms with Gasteiger partial charge in [-0.25, -0.2) is 0 Å². The number of hydrogen-bond donors (Lipinski definition) is 1. The van der Waals surface area contributed by atoms with Crippen LogP contribution < -0.4 is 10.1 Å². The van der Waals surface area contributed by atoms with Gasteiger partial charge in [-0.3, -0.25) is 4.79 Å². The molecule has 3 aromatic carbocycles. The van der Waals surface area contributed by atoms with Gasteiger partial charge in [-0.2, -0.15) is 5.26 Å². The molecule has 144 valence electrons. The fraction of sp³-hybridized carbons (Fsp3) is 0.120. The van der Waals surface area contributed by atoms with Crippen LogP contribution in [0.15, 0.2) is 72.8 Å². The van der Waals surface area contributed by atoms with Gasteiger partial charge >= 0.3 is 0 Å². The van der Waals surface area contributed by atoms with Crippen LogP contribution in [0.1, 0.15) is 16.7 Å². The maximum absolute atomic E-state index is 12.8. The van der Waals surface area contributed by atoms with Gasteiger partial charge in [0.05, 0.1) is 0 Å². The summed E-state index contributed by atoms with van der Waals surface area (Å²) >= 11 is 0. The number of fused-ring (bicyclic) bond motifs is 1. The Bertz CT molecular complexity index is 1150. The van der Waals surface area contributed by atoms with Crippen LogP contribution in [0.25, 0.3) is 16.8 Å². The van der Waals surface area contributed by atoms with Crippen molar-refractivity contribution >= 4 is 28.4 Å². The highest BCUT2D eigenvalue weighted by Gasteiger charge is 2.14. The summed E-state index contributed by atoms with van der Waals surface area (Å²) in [7, 11) is 0. The van der Waals surface area contributed by atoms with E-state index in [1.54, 1.807) is 12.2 Å². The molecule has 0 fully saturated rings. The van der Waals surface area contributed by atoms with Crippen molar-refractivity contribution in [3.8, 4) is 11.8 Å². The molecule has 1 N–H and O–H groups in total. The number of ether oxygens (including phenoxy) is 1. The Kier molecular flexibility index (Phi) is 6.11. The van der Waals surface area contributed by atoms with Crippen LogP contribution in [0.2, 0.25) is 0 Å². The van der Waals surface area contributed by atoms with Crippen LogP contribution in [0.5, 0.6) is 5.75 Å². The number of benzene rings is 3. The van der Waals surface area contributed by atoms with Gasteiger partial charge in [0.15, 0.2) is 0 Å². The summed E-state index contributed by atoms with van der Waals surface area (Å²) in [5, 5.41) is 14.4. The third-order valence-electron chi connectivity index (χ3n) is 4.79. The number of rotatable bonds is 6. The summed E-state index contributed by atoms with van der Waals surface area (Å²) in [5.74, 6) is 0.139. The van der Waals surface area contributed by atoms with Gasteiger partial charge in [0.2, 0.25) is 0 Å². The van der Waals surface area contributed by atoms with Gasteiger partial charge < -0.3 is 10.1 Å². The Morgan fingerprint density at radius 3 is 2.69 bits per heavy atom. The monoisotopic (exact) mass is 382 g/mol. The van der Waals surface area contributed by atoms with E-state index in [1.807, 2.05) is 74.5 Å². The van der Waals surface area contributed by atoms with E-state index in [9.17, 15) is 10.1 Å². The molecule has 0 atom stereocenters. The SMILES string of the molecule is C=CCOc1ccc2ccccc2c1/C=C(\C#N)C(=O)Nc1cccc(C)c1C. The molecule has 0 aromatic heterocycles. The average Bonchev–Trinajstić information content (AvgIpc) is 2.74. The summed E-state index contributed by atoms with van der Waals surface area (Å²) in [6.45, 7) is 7.92. The zero-order valence-corrected chi connectivity index (χ0v) is 16.5. The fourth-order valence-corrected chi connectivity index (χ4v) is 3.07. The summed E-state index contributed by atoms with van der Waals surface area (Å²) in [6, 6.07) is 19.3. The first-order chi connectivity index (χ1) is 14.0. The molecular weight excluding hydrogens is 360 g/mol. The molecule has 0 aliphatic heterocycles. The molecule has 0 heterocycles. The standard InChI is InChI=1S/C25H22N2O2/c1-4-14-29-24-13-12-19-9-5-6-10-21(19)22(24)15-20(16-26)25(28)27-23-11-7-8-17(2)18(23)3/h4-13,15H,1,14H2,2-3H3,(H,27,28)/b20-15+. The highest BCUT2D eigenvalue weighted by atomic mass is 16.5. The molecule has 4 nitrogen and oxygen atoms in total. The second kappa shape index (κ2) is 8.90. The Morgan fingerprint density at radius 1 is 1.14 bits per heavy atom. The number of aryl methyl sites for hydroxylation is 1. The molecule has 29 heavy (non-hydrogen) atoms. The second-order valence-electron chi connectivity index (χ2n) is 6.67. The van der Waals surface area contributed by atoms with Gasteiger partial charge in [0, 0.05) is 11.3 Å². The van der Waals surface area contributed by atoms with Crippen molar-refractivity contribution in [3.63, 3.8) is 0 Å². The van der Waals surface area contributed by atoms with E-state index in [2.05, 4.69) is 11.9 Å². The van der Waals surface area contributed by atoms with Gasteiger partial charge in [0.25, 0.3) is 5.91 Å². The van der Waals surface area contributed by atoms with Crippen LogP contribution in [-0.4, -0.2) is 12.5 Å². The molecule has 0 bridgehead atoms. The van der Waals surface area contributed by atoms with E-state index in [-0.39, 0.29) is 5.57 Å².